The number of hydrogen-bond donors (Lipinski definition) is 0. The topological polar surface area (TPSA) is 56.7 Å². The van der Waals surface area contributed by atoms with Crippen molar-refractivity contribution in [1.29, 1.82) is 0 Å². The lowest BCUT2D eigenvalue weighted by molar-refractivity contribution is 0.332. The van der Waals surface area contributed by atoms with Gasteiger partial charge < -0.3 is 8.98 Å². The molecule has 11 aromatic rings. The maximum Gasteiger partial charge on any atom is 0.164 e. The van der Waals surface area contributed by atoms with Gasteiger partial charge in [-0.2, -0.15) is 0 Å². The highest BCUT2D eigenvalue weighted by molar-refractivity contribution is 6.12. The summed E-state index contributed by atoms with van der Waals surface area (Å²) in [5.41, 5.74) is 13.4. The summed E-state index contributed by atoms with van der Waals surface area (Å²) in [6, 6.07) is 60.4. The molecule has 0 bridgehead atoms. The summed E-state index contributed by atoms with van der Waals surface area (Å²) in [7, 11) is 0. The Morgan fingerprint density at radius 3 is 1.82 bits per heavy atom. The molecule has 3 heterocycles. The van der Waals surface area contributed by atoms with Gasteiger partial charge in [0.05, 0.1) is 16.7 Å². The van der Waals surface area contributed by atoms with Crippen molar-refractivity contribution >= 4 is 54.5 Å². The van der Waals surface area contributed by atoms with E-state index in [9.17, 15) is 0 Å². The summed E-state index contributed by atoms with van der Waals surface area (Å²) in [4.78, 5) is 15.8. The van der Waals surface area contributed by atoms with Crippen molar-refractivity contribution in [2.45, 2.75) is 51.4 Å². The van der Waals surface area contributed by atoms with Gasteiger partial charge in [-0.05, 0) is 106 Å². The third-order valence-electron chi connectivity index (χ3n) is 13.5. The molecule has 5 nitrogen and oxygen atoms in total. The quantitative estimate of drug-likeness (QED) is 0.174. The molecule has 298 valence electrons. The minimum absolute atomic E-state index is 0.0796. The van der Waals surface area contributed by atoms with Gasteiger partial charge in [0.1, 0.15) is 11.2 Å². The molecule has 0 radical (unpaired) electrons. The monoisotopic (exact) mass is 800 g/mol. The van der Waals surface area contributed by atoms with Gasteiger partial charge in [0.25, 0.3) is 0 Å². The Bertz CT molecular complexity index is 3590. The van der Waals surface area contributed by atoms with Gasteiger partial charge >= 0.3 is 0 Å². The molecule has 62 heavy (non-hydrogen) atoms. The Morgan fingerprint density at radius 2 is 1.00 bits per heavy atom. The van der Waals surface area contributed by atoms with E-state index in [0.29, 0.717) is 17.5 Å². The first-order valence-corrected chi connectivity index (χ1v) is 21.6. The molecule has 12 rings (SSSR count). The van der Waals surface area contributed by atoms with E-state index in [1.165, 1.54) is 39.4 Å². The van der Waals surface area contributed by atoms with Gasteiger partial charge in [-0.3, -0.25) is 0 Å². The number of para-hydroxylation sites is 2. The molecular weight excluding hydrogens is 757 g/mol. The molecule has 3 aromatic heterocycles. The Labute approximate surface area is 360 Å². The first kappa shape index (κ1) is 36.5. The molecular formula is C57H44N4O. The molecule has 0 saturated heterocycles. The van der Waals surface area contributed by atoms with Crippen LogP contribution in [0.1, 0.15) is 51.7 Å². The predicted molar refractivity (Wildman–Crippen MR) is 256 cm³/mol. The van der Waals surface area contributed by atoms with Gasteiger partial charge in [-0.1, -0.05) is 143 Å². The molecule has 0 fully saturated rings. The summed E-state index contributed by atoms with van der Waals surface area (Å²) < 4.78 is 8.70. The van der Waals surface area contributed by atoms with Crippen LogP contribution in [0.2, 0.25) is 0 Å². The van der Waals surface area contributed by atoms with E-state index >= 15 is 0 Å². The van der Waals surface area contributed by atoms with E-state index in [4.69, 9.17) is 19.4 Å². The first-order chi connectivity index (χ1) is 30.2. The predicted octanol–water partition coefficient (Wildman–Crippen LogP) is 15.0. The fourth-order valence-electron chi connectivity index (χ4n) is 10.1. The fraction of sp³-hybridized carbons (Fsp3) is 0.140. The van der Waals surface area contributed by atoms with Crippen molar-refractivity contribution < 1.29 is 4.42 Å². The van der Waals surface area contributed by atoms with Gasteiger partial charge in [0.2, 0.25) is 0 Å². The summed E-state index contributed by atoms with van der Waals surface area (Å²) in [6.45, 7) is 9.64. The minimum Gasteiger partial charge on any atom is -0.456 e. The Morgan fingerprint density at radius 1 is 0.403 bits per heavy atom. The van der Waals surface area contributed by atoms with E-state index in [1.54, 1.807) is 0 Å². The molecule has 0 saturated carbocycles. The number of benzene rings is 8. The SMILES string of the molecule is CC1(C)CCC(C)(C)c2cc3c(cc21)c1ccccc1n3-c1cccc2c(-c3nc(-c4cccc(-c5ccccc5)c4)nc(-c4ccc5oc6ccccc6c5c4)n3)cccc12. The minimum atomic E-state index is 0.0796. The van der Waals surface area contributed by atoms with Crippen LogP contribution in [-0.2, 0) is 10.8 Å². The van der Waals surface area contributed by atoms with Crippen molar-refractivity contribution in [2.24, 2.45) is 0 Å². The lowest BCUT2D eigenvalue weighted by atomic mass is 9.63. The van der Waals surface area contributed by atoms with Gasteiger partial charge in [-0.15, -0.1) is 0 Å². The molecule has 1 aliphatic carbocycles. The summed E-state index contributed by atoms with van der Waals surface area (Å²) in [6.07, 6.45) is 2.34. The average Bonchev–Trinajstić information content (AvgIpc) is 3.85. The van der Waals surface area contributed by atoms with E-state index in [-0.39, 0.29) is 10.8 Å². The Balaban J connectivity index is 1.08. The van der Waals surface area contributed by atoms with Crippen LogP contribution in [0.3, 0.4) is 0 Å². The lowest BCUT2D eigenvalue weighted by Crippen LogP contribution is -2.33. The molecule has 0 atom stereocenters. The molecule has 0 unspecified atom stereocenters. The second-order valence-corrected chi connectivity index (χ2v) is 18.3. The second-order valence-electron chi connectivity index (χ2n) is 18.3. The van der Waals surface area contributed by atoms with Crippen molar-refractivity contribution in [3.8, 4) is 51.0 Å². The highest BCUT2D eigenvalue weighted by Gasteiger charge is 2.38. The molecule has 0 aliphatic heterocycles. The largest absolute Gasteiger partial charge is 0.456 e. The maximum absolute atomic E-state index is 6.22. The lowest BCUT2D eigenvalue weighted by Gasteiger charge is -2.42. The number of aromatic nitrogens is 4. The van der Waals surface area contributed by atoms with Gasteiger partial charge in [-0.25, -0.2) is 15.0 Å². The fourth-order valence-corrected chi connectivity index (χ4v) is 10.1. The smallest absolute Gasteiger partial charge is 0.164 e. The van der Waals surface area contributed by atoms with Crippen molar-refractivity contribution in [1.82, 2.24) is 19.5 Å². The highest BCUT2D eigenvalue weighted by atomic mass is 16.3. The third kappa shape index (κ3) is 5.72. The van der Waals surface area contributed by atoms with Crippen LogP contribution < -0.4 is 0 Å². The van der Waals surface area contributed by atoms with Gasteiger partial charge in [0, 0.05) is 43.6 Å². The zero-order valence-electron chi connectivity index (χ0n) is 35.3. The maximum atomic E-state index is 6.22. The summed E-state index contributed by atoms with van der Waals surface area (Å²) in [5.74, 6) is 1.84. The number of rotatable bonds is 5. The Hall–Kier alpha value is -7.37. The van der Waals surface area contributed by atoms with Gasteiger partial charge in [0.15, 0.2) is 17.5 Å². The van der Waals surface area contributed by atoms with E-state index in [0.717, 1.165) is 72.6 Å². The molecule has 8 aromatic carbocycles. The molecule has 5 heteroatoms. The van der Waals surface area contributed by atoms with E-state index < -0.39 is 0 Å². The van der Waals surface area contributed by atoms with Crippen molar-refractivity contribution in [3.05, 3.63) is 181 Å². The zero-order chi connectivity index (χ0) is 41.7. The van der Waals surface area contributed by atoms with E-state index in [1.807, 2.05) is 30.3 Å². The molecule has 0 amide bonds. The number of fused-ring (bicyclic) bond motifs is 8. The first-order valence-electron chi connectivity index (χ1n) is 21.6. The van der Waals surface area contributed by atoms with E-state index in [2.05, 4.69) is 172 Å². The number of furan rings is 1. The molecule has 0 spiro atoms. The summed E-state index contributed by atoms with van der Waals surface area (Å²) >= 11 is 0. The van der Waals surface area contributed by atoms with Crippen LogP contribution in [0, 0.1) is 0 Å². The van der Waals surface area contributed by atoms with Crippen LogP contribution in [0.4, 0.5) is 0 Å². The zero-order valence-corrected chi connectivity index (χ0v) is 35.3. The summed E-state index contributed by atoms with van der Waals surface area (Å²) in [5, 5.41) is 6.86. The van der Waals surface area contributed by atoms with Crippen molar-refractivity contribution in [3.63, 3.8) is 0 Å². The highest BCUT2D eigenvalue weighted by Crippen LogP contribution is 2.49. The van der Waals surface area contributed by atoms with Crippen LogP contribution in [0.5, 0.6) is 0 Å². The number of hydrogen-bond acceptors (Lipinski definition) is 4. The normalized spacial score (nSPS) is 14.6. The molecule has 0 N–H and O–H groups in total. The van der Waals surface area contributed by atoms with Crippen molar-refractivity contribution in [2.75, 3.05) is 0 Å². The third-order valence-corrected chi connectivity index (χ3v) is 13.5. The molecule has 1 aliphatic rings. The van der Waals surface area contributed by atoms with Crippen LogP contribution in [0.25, 0.3) is 105 Å². The van der Waals surface area contributed by atoms with Crippen LogP contribution >= 0.6 is 0 Å². The Kier molecular flexibility index (Phi) is 7.98. The van der Waals surface area contributed by atoms with Crippen LogP contribution in [0.15, 0.2) is 174 Å². The second kappa shape index (κ2) is 13.6. The van der Waals surface area contributed by atoms with Crippen LogP contribution in [-0.4, -0.2) is 19.5 Å². The number of nitrogens with zero attached hydrogens (tertiary/aromatic N) is 4. The standard InChI is InChI=1S/C57H44N4O/c1-56(2)29-30-57(3,4)47-34-50-44(33-46(47)56)41-19-8-10-24-48(41)61(50)49-25-14-21-39-40(49)22-13-23-43(39)55-59-53(37-18-12-17-36(31-37)35-15-6-5-7-16-35)58-54(60-55)38-27-28-52-45(32-38)42-20-9-11-26-51(42)62-52/h5-28,31-34H,29-30H2,1-4H3. The average molecular weight is 801 g/mol.